The van der Waals surface area contributed by atoms with Crippen molar-refractivity contribution >= 4 is 35.2 Å². The third-order valence-electron chi connectivity index (χ3n) is 3.70. The first-order valence-corrected chi connectivity index (χ1v) is 10.8. The Kier molecular flexibility index (Phi) is 11.7. The first-order chi connectivity index (χ1) is 11.6. The van der Waals surface area contributed by atoms with E-state index in [4.69, 9.17) is 5.73 Å². The molecule has 0 aliphatic carbocycles. The molecule has 2 N–H and O–H groups in total. The Morgan fingerprint density at radius 1 is 1.04 bits per heavy atom. The highest BCUT2D eigenvalue weighted by Gasteiger charge is 2.10. The number of primary amides is 1. The smallest absolute Gasteiger partial charge is 0.218 e. The minimum atomic E-state index is -0.226. The molecule has 0 saturated carbocycles. The molecule has 1 amide bonds. The van der Waals surface area contributed by atoms with Crippen LogP contribution >= 0.6 is 23.5 Å². The number of benzene rings is 1. The summed E-state index contributed by atoms with van der Waals surface area (Å²) in [5.41, 5.74) is 6.59. The number of carbonyl (C=O) groups is 2. The maximum Gasteiger partial charge on any atom is 0.218 e. The Morgan fingerprint density at radius 2 is 1.79 bits per heavy atom. The molecule has 5 heteroatoms. The number of hydrogen-bond acceptors (Lipinski definition) is 4. The van der Waals surface area contributed by atoms with Crippen LogP contribution in [-0.2, 0) is 15.3 Å². The fourth-order valence-electron chi connectivity index (χ4n) is 2.36. The lowest BCUT2D eigenvalue weighted by atomic mass is 10.1. The van der Waals surface area contributed by atoms with Crippen LogP contribution in [-0.4, -0.2) is 28.4 Å². The van der Waals surface area contributed by atoms with E-state index in [1.165, 1.54) is 5.56 Å². The van der Waals surface area contributed by atoms with Gasteiger partial charge in [-0.3, -0.25) is 4.79 Å². The highest BCUT2D eigenvalue weighted by atomic mass is 32.2. The normalized spacial score (nSPS) is 12.0. The molecule has 0 radical (unpaired) electrons. The molecule has 0 heterocycles. The first-order valence-electron chi connectivity index (χ1n) is 8.59. The van der Waals surface area contributed by atoms with Crippen LogP contribution in [0.5, 0.6) is 0 Å². The number of unbranched alkanes of at least 4 members (excludes halogenated alkanes) is 1. The van der Waals surface area contributed by atoms with E-state index >= 15 is 0 Å². The summed E-state index contributed by atoms with van der Waals surface area (Å²) < 4.78 is 0. The van der Waals surface area contributed by atoms with Crippen molar-refractivity contribution in [3.05, 3.63) is 35.9 Å². The maximum absolute atomic E-state index is 11.0. The summed E-state index contributed by atoms with van der Waals surface area (Å²) >= 11 is 3.82. The molecular formula is C19H29NO2S2. The predicted molar refractivity (Wildman–Crippen MR) is 106 cm³/mol. The van der Waals surface area contributed by atoms with Gasteiger partial charge in [-0.05, 0) is 37.5 Å². The Bertz CT molecular complexity index is 480. The molecule has 24 heavy (non-hydrogen) atoms. The zero-order valence-electron chi connectivity index (χ0n) is 14.5. The van der Waals surface area contributed by atoms with Gasteiger partial charge in [-0.2, -0.15) is 23.5 Å². The molecule has 0 spiro atoms. The number of thioether (sulfide) groups is 2. The molecule has 3 nitrogen and oxygen atoms in total. The van der Waals surface area contributed by atoms with Crippen molar-refractivity contribution in [1.29, 1.82) is 0 Å². The van der Waals surface area contributed by atoms with Crippen LogP contribution in [0.1, 0.15) is 51.0 Å². The molecule has 0 aromatic heterocycles. The lowest BCUT2D eigenvalue weighted by Gasteiger charge is -2.16. The van der Waals surface area contributed by atoms with Crippen LogP contribution in [0.25, 0.3) is 0 Å². The van der Waals surface area contributed by atoms with E-state index in [1.807, 2.05) is 29.6 Å². The molecule has 134 valence electrons. The van der Waals surface area contributed by atoms with Gasteiger partial charge in [0.2, 0.25) is 5.91 Å². The van der Waals surface area contributed by atoms with Crippen molar-refractivity contribution < 1.29 is 9.59 Å². The maximum atomic E-state index is 11.0. The molecule has 1 rings (SSSR count). The molecule has 1 atom stereocenters. The van der Waals surface area contributed by atoms with Crippen molar-refractivity contribution in [3.8, 4) is 0 Å². The lowest BCUT2D eigenvalue weighted by molar-refractivity contribution is -0.118. The summed E-state index contributed by atoms with van der Waals surface area (Å²) in [6.45, 7) is 1.65. The minimum absolute atomic E-state index is 0.226. The van der Waals surface area contributed by atoms with Crippen LogP contribution in [0.15, 0.2) is 30.3 Å². The highest BCUT2D eigenvalue weighted by molar-refractivity contribution is 8.00. The van der Waals surface area contributed by atoms with Gasteiger partial charge in [0.25, 0.3) is 0 Å². The van der Waals surface area contributed by atoms with E-state index in [0.717, 1.165) is 42.9 Å². The third kappa shape index (κ3) is 11.6. The first kappa shape index (κ1) is 21.1. The molecular weight excluding hydrogens is 338 g/mol. The summed E-state index contributed by atoms with van der Waals surface area (Å²) in [7, 11) is 0. The standard InChI is InChI=1S/C19H29NO2S2/c1-16(21)7-5-6-10-18(24-14-12-19(20)22)11-13-23-15-17-8-3-2-4-9-17/h2-4,8-9,18H,5-7,10-15H2,1H3,(H2,20,22). The molecule has 0 saturated heterocycles. The quantitative estimate of drug-likeness (QED) is 0.494. The molecule has 1 aromatic carbocycles. The van der Waals surface area contributed by atoms with Crippen molar-refractivity contribution in [2.45, 2.75) is 56.5 Å². The van der Waals surface area contributed by atoms with Gasteiger partial charge in [-0.1, -0.05) is 36.8 Å². The van der Waals surface area contributed by atoms with Crippen molar-refractivity contribution in [3.63, 3.8) is 0 Å². The number of hydrogen-bond donors (Lipinski definition) is 1. The van der Waals surface area contributed by atoms with Crippen LogP contribution in [0, 0.1) is 0 Å². The van der Waals surface area contributed by atoms with Crippen LogP contribution < -0.4 is 5.73 Å². The SMILES string of the molecule is CC(=O)CCCCC(CCSCc1ccccc1)SCCC(N)=O. The van der Waals surface area contributed by atoms with Crippen molar-refractivity contribution in [2.75, 3.05) is 11.5 Å². The average Bonchev–Trinajstić information content (AvgIpc) is 2.55. The second kappa shape index (κ2) is 13.4. The minimum Gasteiger partial charge on any atom is -0.370 e. The summed E-state index contributed by atoms with van der Waals surface area (Å²) in [5.74, 6) is 3.01. The van der Waals surface area contributed by atoms with Gasteiger partial charge in [-0.25, -0.2) is 0 Å². The van der Waals surface area contributed by atoms with Gasteiger partial charge in [0, 0.05) is 29.6 Å². The molecule has 0 aliphatic rings. The van der Waals surface area contributed by atoms with Gasteiger partial charge in [-0.15, -0.1) is 0 Å². The third-order valence-corrected chi connectivity index (χ3v) is 6.15. The Balaban J connectivity index is 2.25. The van der Waals surface area contributed by atoms with Crippen LogP contribution in [0.3, 0.4) is 0 Å². The van der Waals surface area contributed by atoms with E-state index in [9.17, 15) is 9.59 Å². The lowest BCUT2D eigenvalue weighted by Crippen LogP contribution is -2.13. The number of amides is 1. The summed E-state index contributed by atoms with van der Waals surface area (Å²) in [4.78, 5) is 21.9. The zero-order valence-corrected chi connectivity index (χ0v) is 16.2. The molecule has 0 aliphatic heterocycles. The Labute approximate surface area is 154 Å². The second-order valence-corrected chi connectivity index (χ2v) is 8.50. The zero-order chi connectivity index (χ0) is 17.6. The van der Waals surface area contributed by atoms with Gasteiger partial charge < -0.3 is 10.5 Å². The Morgan fingerprint density at radius 3 is 2.46 bits per heavy atom. The van der Waals surface area contributed by atoms with Crippen molar-refractivity contribution in [1.82, 2.24) is 0 Å². The number of ketones is 1. The van der Waals surface area contributed by atoms with Crippen LogP contribution in [0.4, 0.5) is 0 Å². The number of Topliss-reactive ketones (excluding diaryl/α,β-unsaturated/α-hetero) is 1. The predicted octanol–water partition coefficient (Wildman–Crippen LogP) is 4.44. The molecule has 1 aromatic rings. The summed E-state index contributed by atoms with van der Waals surface area (Å²) in [6, 6.07) is 10.5. The van der Waals surface area contributed by atoms with Gasteiger partial charge in [0.15, 0.2) is 0 Å². The molecule has 0 bridgehead atoms. The van der Waals surface area contributed by atoms with E-state index in [2.05, 4.69) is 24.3 Å². The number of carbonyl (C=O) groups excluding carboxylic acids is 2. The average molecular weight is 368 g/mol. The molecule has 1 unspecified atom stereocenters. The fourth-order valence-corrected chi connectivity index (χ4v) is 4.81. The van der Waals surface area contributed by atoms with Crippen molar-refractivity contribution in [2.24, 2.45) is 5.73 Å². The topological polar surface area (TPSA) is 60.2 Å². The van der Waals surface area contributed by atoms with E-state index in [1.54, 1.807) is 6.92 Å². The van der Waals surface area contributed by atoms with E-state index < -0.39 is 0 Å². The van der Waals surface area contributed by atoms with Gasteiger partial charge >= 0.3 is 0 Å². The number of rotatable bonds is 14. The molecule has 0 fully saturated rings. The summed E-state index contributed by atoms with van der Waals surface area (Å²) in [5, 5.41) is 0.555. The highest BCUT2D eigenvalue weighted by Crippen LogP contribution is 2.25. The number of nitrogens with two attached hydrogens (primary N) is 1. The summed E-state index contributed by atoms with van der Waals surface area (Å²) in [6.07, 6.45) is 5.44. The van der Waals surface area contributed by atoms with Gasteiger partial charge in [0.05, 0.1) is 0 Å². The van der Waals surface area contributed by atoms with Gasteiger partial charge in [0.1, 0.15) is 5.78 Å². The monoisotopic (exact) mass is 367 g/mol. The Hall–Kier alpha value is -0.940. The van der Waals surface area contributed by atoms with E-state index in [-0.39, 0.29) is 11.7 Å². The second-order valence-electron chi connectivity index (χ2n) is 5.98. The van der Waals surface area contributed by atoms with E-state index in [0.29, 0.717) is 18.1 Å². The fraction of sp³-hybridized carbons (Fsp3) is 0.579. The van der Waals surface area contributed by atoms with Crippen LogP contribution in [0.2, 0.25) is 0 Å². The largest absolute Gasteiger partial charge is 0.370 e.